The molecule has 9 heavy (non-hydrogen) atoms. The van der Waals surface area contributed by atoms with Gasteiger partial charge in [-0.15, -0.1) is 0 Å². The molecular formula is CH4O6V2-10. The van der Waals surface area contributed by atoms with Crippen LogP contribution in [0.2, 0.25) is 0 Å². The molecular weight excluding hydrogens is 210 g/mol. The maximum absolute atomic E-state index is 7.00. The molecule has 0 spiro atoms. The molecule has 1 N–H and O–H groups in total. The van der Waals surface area contributed by atoms with E-state index < -0.39 is 0 Å². The average Bonchev–Trinajstić information content (AvgIpc) is 1.00. The molecule has 0 heterocycles. The van der Waals surface area contributed by atoms with Crippen molar-refractivity contribution in [1.29, 1.82) is 0 Å². The van der Waals surface area contributed by atoms with Crippen molar-refractivity contribution >= 4 is 0 Å². The first kappa shape index (κ1) is 213. The van der Waals surface area contributed by atoms with E-state index in [4.69, 9.17) is 5.11 Å². The van der Waals surface area contributed by atoms with Crippen molar-refractivity contribution in [2.24, 2.45) is 0 Å². The van der Waals surface area contributed by atoms with Gasteiger partial charge in [-0.2, -0.15) is 0 Å². The van der Waals surface area contributed by atoms with Gasteiger partial charge >= 0.3 is 0 Å². The zero-order chi connectivity index (χ0) is 2.00. The van der Waals surface area contributed by atoms with Crippen molar-refractivity contribution in [2.75, 3.05) is 7.11 Å². The molecule has 0 aromatic rings. The number of rotatable bonds is 0. The van der Waals surface area contributed by atoms with Crippen molar-refractivity contribution in [1.82, 2.24) is 0 Å². The smallest absolute Gasteiger partial charge is 0.0319 e. The maximum atomic E-state index is 7.00. The van der Waals surface area contributed by atoms with Crippen molar-refractivity contribution in [2.45, 2.75) is 0 Å². The summed E-state index contributed by atoms with van der Waals surface area (Å²) in [5.74, 6) is 0. The number of aliphatic hydroxyl groups excluding tert-OH is 1. The first-order chi connectivity index (χ1) is 1.00. The molecule has 8 heteroatoms. The maximum Gasteiger partial charge on any atom is 0.0319 e. The molecule has 0 unspecified atom stereocenters. The van der Waals surface area contributed by atoms with Crippen LogP contribution in [0.15, 0.2) is 0 Å². The van der Waals surface area contributed by atoms with Crippen LogP contribution in [0.5, 0.6) is 0 Å². The Balaban J connectivity index is -0.000000000238. The summed E-state index contributed by atoms with van der Waals surface area (Å²) in [5, 5.41) is 7.00. The van der Waals surface area contributed by atoms with Crippen LogP contribution in [0.4, 0.5) is 0 Å². The topological polar surface area (TPSA) is 163 Å². The Labute approximate surface area is 77.0 Å². The first-order valence-corrected chi connectivity index (χ1v) is 0.447. The Hall–Kier alpha value is 0.929. The van der Waals surface area contributed by atoms with Gasteiger partial charge in [-0.1, -0.05) is 0 Å². The standard InChI is InChI=1S/CH4O.5O.2V/c1-2;;;;;;;/h2H,1H3;;;;;;;/q;5*-2;;. The Morgan fingerprint density at radius 2 is 0.556 bits per heavy atom. The fourth-order valence-corrected chi connectivity index (χ4v) is 0. The van der Waals surface area contributed by atoms with Gasteiger partial charge in [0.15, 0.2) is 0 Å². The predicted octanol–water partition coefficient (Wildman–Crippen LogP) is -0.990. The third-order valence-electron chi connectivity index (χ3n) is 0. The van der Waals surface area contributed by atoms with E-state index in [0.29, 0.717) is 0 Å². The molecule has 0 aliphatic rings. The fraction of sp³-hybridized carbons (Fsp3) is 1.00. The van der Waals surface area contributed by atoms with Crippen molar-refractivity contribution in [3.8, 4) is 0 Å². The third kappa shape index (κ3) is 497. The van der Waals surface area contributed by atoms with E-state index in [1.54, 1.807) is 0 Å². The Morgan fingerprint density at radius 3 is 0.556 bits per heavy atom. The number of hydrogen-bond acceptors (Lipinski definition) is 1. The minimum atomic E-state index is 0. The largest absolute Gasteiger partial charge is 2.00 e. The molecule has 6 nitrogen and oxygen atoms in total. The molecule has 0 fully saturated rings. The van der Waals surface area contributed by atoms with Gasteiger partial charge in [0.25, 0.3) is 0 Å². The van der Waals surface area contributed by atoms with Crippen LogP contribution in [0.25, 0.3) is 0 Å². The molecule has 0 saturated carbocycles. The third-order valence-corrected chi connectivity index (χ3v) is 0. The van der Waals surface area contributed by atoms with E-state index >= 15 is 0 Å². The normalized spacial score (nSPS) is 0.667. The second kappa shape index (κ2) is 651. The summed E-state index contributed by atoms with van der Waals surface area (Å²) in [6, 6.07) is 0. The van der Waals surface area contributed by atoms with E-state index in [2.05, 4.69) is 0 Å². The number of aliphatic hydroxyl groups is 1. The van der Waals surface area contributed by atoms with Gasteiger partial charge in [-0.3, -0.25) is 0 Å². The zero-order valence-electron chi connectivity index (χ0n) is 4.38. The van der Waals surface area contributed by atoms with Gasteiger partial charge < -0.3 is 32.5 Å². The van der Waals surface area contributed by atoms with Crippen molar-refractivity contribution in [3.63, 3.8) is 0 Å². The number of hydrogen-bond donors (Lipinski definition) is 1. The van der Waals surface area contributed by atoms with Crippen LogP contribution < -0.4 is 0 Å². The van der Waals surface area contributed by atoms with Gasteiger partial charge in [0.2, 0.25) is 0 Å². The monoisotopic (exact) mass is 214 g/mol. The van der Waals surface area contributed by atoms with Crippen LogP contribution >= 0.6 is 0 Å². The van der Waals surface area contributed by atoms with Crippen LogP contribution in [-0.2, 0) is 64.5 Å². The van der Waals surface area contributed by atoms with Crippen molar-refractivity contribution in [3.05, 3.63) is 0 Å². The summed E-state index contributed by atoms with van der Waals surface area (Å²) in [5.41, 5.74) is 0. The van der Waals surface area contributed by atoms with E-state index in [9.17, 15) is 0 Å². The first-order valence-electron chi connectivity index (χ1n) is 0.447. The minimum Gasteiger partial charge on any atom is -2.00 e. The van der Waals surface area contributed by atoms with Crippen molar-refractivity contribution < 1.29 is 69.6 Å². The molecule has 0 amide bonds. The van der Waals surface area contributed by atoms with Crippen LogP contribution in [-0.4, -0.2) is 12.2 Å². The summed E-state index contributed by atoms with van der Waals surface area (Å²) in [7, 11) is 1.00. The summed E-state index contributed by atoms with van der Waals surface area (Å²) < 4.78 is 0. The van der Waals surface area contributed by atoms with E-state index in [1.165, 1.54) is 0 Å². The molecule has 0 atom stereocenters. The SMILES string of the molecule is CO.[O-2].[O-2].[O-2].[O-2].[O-2].[V].[V]. The average molecular weight is 214 g/mol. The summed E-state index contributed by atoms with van der Waals surface area (Å²) in [4.78, 5) is 0. The van der Waals surface area contributed by atoms with Gasteiger partial charge in [0.05, 0.1) is 0 Å². The van der Waals surface area contributed by atoms with Gasteiger partial charge in [-0.25, -0.2) is 0 Å². The fourth-order valence-electron chi connectivity index (χ4n) is 0. The summed E-state index contributed by atoms with van der Waals surface area (Å²) in [6.45, 7) is 0. The second-order valence-electron chi connectivity index (χ2n) is 0. The Bertz CT molecular complexity index is 11.0. The quantitative estimate of drug-likeness (QED) is 0.537. The molecule has 0 saturated heterocycles. The van der Waals surface area contributed by atoms with E-state index in [1.807, 2.05) is 0 Å². The Kier molecular flexibility index (Phi) is 15400. The van der Waals surface area contributed by atoms with E-state index in [-0.39, 0.29) is 64.5 Å². The molecule has 0 aliphatic heterocycles. The van der Waals surface area contributed by atoms with E-state index in [0.717, 1.165) is 7.11 Å². The zero-order valence-corrected chi connectivity index (χ0v) is 7.18. The van der Waals surface area contributed by atoms with Gasteiger partial charge in [0.1, 0.15) is 0 Å². The van der Waals surface area contributed by atoms with Gasteiger partial charge in [-0.05, 0) is 0 Å². The Morgan fingerprint density at radius 1 is 0.556 bits per heavy atom. The molecule has 0 bridgehead atoms. The molecule has 64 valence electrons. The molecule has 0 aromatic carbocycles. The second-order valence-corrected chi connectivity index (χ2v) is 0. The molecule has 2 radical (unpaired) electrons. The van der Waals surface area contributed by atoms with Crippen LogP contribution in [0.3, 0.4) is 0 Å². The predicted molar refractivity (Wildman–Crippen MR) is 11.6 cm³/mol. The van der Waals surface area contributed by atoms with Crippen LogP contribution in [0.1, 0.15) is 0 Å². The minimum absolute atomic E-state index is 0. The van der Waals surface area contributed by atoms with Crippen LogP contribution in [0, 0.1) is 0 Å². The van der Waals surface area contributed by atoms with Gasteiger partial charge in [0, 0.05) is 44.2 Å². The summed E-state index contributed by atoms with van der Waals surface area (Å²) >= 11 is 0. The summed E-state index contributed by atoms with van der Waals surface area (Å²) in [6.07, 6.45) is 0. The molecule has 0 aromatic heterocycles. The molecule has 0 rings (SSSR count). The molecule has 0 aliphatic carbocycles.